The summed E-state index contributed by atoms with van der Waals surface area (Å²) in [7, 11) is 0. The molecule has 7 nitrogen and oxygen atoms in total. The number of carbonyl (C=O) groups is 2. The van der Waals surface area contributed by atoms with E-state index in [0.29, 0.717) is 0 Å². The van der Waals surface area contributed by atoms with Gasteiger partial charge in [-0.25, -0.2) is 8.78 Å². The maximum atomic E-state index is 14.6. The molecule has 0 saturated heterocycles. The molecule has 30 heavy (non-hydrogen) atoms. The average Bonchev–Trinajstić information content (AvgIpc) is 2.65. The Labute approximate surface area is 171 Å². The van der Waals surface area contributed by atoms with Crippen LogP contribution in [0.15, 0.2) is 47.7 Å². The molecule has 0 aliphatic carbocycles. The van der Waals surface area contributed by atoms with Gasteiger partial charge in [-0.2, -0.15) is 5.26 Å². The summed E-state index contributed by atoms with van der Waals surface area (Å²) in [5, 5.41) is 23.0. The number of anilines is 2. The van der Waals surface area contributed by atoms with Crippen LogP contribution in [0.4, 0.5) is 20.2 Å². The zero-order valence-electron chi connectivity index (χ0n) is 16.4. The Kier molecular flexibility index (Phi) is 7.09. The Morgan fingerprint density at radius 1 is 1.13 bits per heavy atom. The van der Waals surface area contributed by atoms with E-state index in [2.05, 4.69) is 10.6 Å². The van der Waals surface area contributed by atoms with E-state index in [0.717, 1.165) is 31.2 Å². The minimum atomic E-state index is -1.02. The van der Waals surface area contributed by atoms with Crippen molar-refractivity contribution in [2.24, 2.45) is 0 Å². The Morgan fingerprint density at radius 2 is 1.77 bits per heavy atom. The molecule has 2 rings (SSSR count). The summed E-state index contributed by atoms with van der Waals surface area (Å²) in [5.41, 5.74) is -0.795. The lowest BCUT2D eigenvalue weighted by Crippen LogP contribution is -2.19. The van der Waals surface area contributed by atoms with Gasteiger partial charge in [-0.1, -0.05) is 0 Å². The van der Waals surface area contributed by atoms with Gasteiger partial charge in [-0.05, 0) is 51.1 Å². The van der Waals surface area contributed by atoms with Crippen molar-refractivity contribution >= 4 is 23.2 Å². The number of carbonyl (C=O) groups excluding carboxylic acids is 2. The number of allylic oxidation sites excluding steroid dienone is 1. The molecule has 0 atom stereocenters. The third-order valence-electron chi connectivity index (χ3n) is 3.73. The third kappa shape index (κ3) is 5.54. The van der Waals surface area contributed by atoms with Crippen LogP contribution >= 0.6 is 0 Å². The number of aliphatic hydroxyl groups is 1. The fourth-order valence-electron chi connectivity index (χ4n) is 2.39. The Balaban J connectivity index is 2.39. The number of halogens is 2. The monoisotopic (exact) mass is 415 g/mol. The summed E-state index contributed by atoms with van der Waals surface area (Å²) in [5.74, 6) is -3.72. The fraction of sp³-hybridized carbons (Fsp3) is 0.190. The van der Waals surface area contributed by atoms with Gasteiger partial charge >= 0.3 is 0 Å². The standard InChI is InChI=1S/C21H19F2N3O4/c1-11(2)30-19-9-18(26-21(29)16(10-24)12(3)27)17(23)8-15(19)20(28)25-14-6-4-13(22)5-7-14/h4-9,11,27H,1-3H3,(H,25,28)(H,26,29)/b16-12-. The first-order chi connectivity index (χ1) is 14.1. The molecule has 2 aromatic carbocycles. The predicted molar refractivity (Wildman–Crippen MR) is 106 cm³/mol. The number of hydrogen-bond donors (Lipinski definition) is 3. The van der Waals surface area contributed by atoms with E-state index in [-0.39, 0.29) is 28.8 Å². The molecule has 2 amide bonds. The van der Waals surface area contributed by atoms with Crippen LogP contribution in [0.1, 0.15) is 31.1 Å². The molecule has 156 valence electrons. The summed E-state index contributed by atoms with van der Waals surface area (Å²) in [6.07, 6.45) is -0.384. The maximum absolute atomic E-state index is 14.6. The first-order valence-corrected chi connectivity index (χ1v) is 8.80. The SMILES string of the molecule is C/C(O)=C(\C#N)C(=O)Nc1cc(OC(C)C)c(C(=O)Nc2ccc(F)cc2)cc1F. The van der Waals surface area contributed by atoms with Crippen LogP contribution in [0.2, 0.25) is 0 Å². The van der Waals surface area contributed by atoms with Gasteiger partial charge in [0.05, 0.1) is 17.4 Å². The molecule has 0 unspecified atom stereocenters. The second-order valence-corrected chi connectivity index (χ2v) is 6.48. The minimum Gasteiger partial charge on any atom is -0.511 e. The summed E-state index contributed by atoms with van der Waals surface area (Å²) in [6.45, 7) is 4.52. The number of rotatable bonds is 6. The molecule has 0 radical (unpaired) electrons. The molecular formula is C21H19F2N3O4. The number of nitrogens with one attached hydrogen (secondary N) is 2. The molecular weight excluding hydrogens is 396 g/mol. The van der Waals surface area contributed by atoms with E-state index in [1.165, 1.54) is 18.2 Å². The smallest absolute Gasteiger partial charge is 0.269 e. The van der Waals surface area contributed by atoms with Gasteiger partial charge in [0.1, 0.15) is 29.2 Å². The van der Waals surface area contributed by atoms with E-state index in [1.807, 2.05) is 0 Å². The van der Waals surface area contributed by atoms with E-state index in [4.69, 9.17) is 10.00 Å². The molecule has 0 aliphatic rings. The molecule has 3 N–H and O–H groups in total. The maximum Gasteiger partial charge on any atom is 0.269 e. The van der Waals surface area contributed by atoms with Crippen molar-refractivity contribution in [3.05, 3.63) is 64.9 Å². The molecule has 0 fully saturated rings. The molecule has 0 aromatic heterocycles. The highest BCUT2D eigenvalue weighted by atomic mass is 19.1. The number of amides is 2. The summed E-state index contributed by atoms with van der Waals surface area (Å²) in [4.78, 5) is 24.7. The molecule has 0 saturated carbocycles. The quantitative estimate of drug-likeness (QED) is 0.370. The van der Waals surface area contributed by atoms with E-state index < -0.39 is 34.8 Å². The van der Waals surface area contributed by atoms with Crippen molar-refractivity contribution in [2.75, 3.05) is 10.6 Å². The first kappa shape index (κ1) is 22.4. The highest BCUT2D eigenvalue weighted by molar-refractivity contribution is 6.09. The number of nitrogens with zero attached hydrogens (tertiary/aromatic N) is 1. The normalized spacial score (nSPS) is 11.4. The van der Waals surface area contributed by atoms with E-state index in [9.17, 15) is 23.5 Å². The Morgan fingerprint density at radius 3 is 2.30 bits per heavy atom. The van der Waals surface area contributed by atoms with E-state index >= 15 is 0 Å². The van der Waals surface area contributed by atoms with Gasteiger partial charge in [-0.15, -0.1) is 0 Å². The number of benzene rings is 2. The zero-order valence-corrected chi connectivity index (χ0v) is 16.4. The molecule has 0 spiro atoms. The number of nitriles is 1. The minimum absolute atomic E-state index is 0.0236. The van der Waals surface area contributed by atoms with Crippen LogP contribution in [0.5, 0.6) is 5.75 Å². The van der Waals surface area contributed by atoms with Crippen molar-refractivity contribution in [1.82, 2.24) is 0 Å². The van der Waals surface area contributed by atoms with Crippen LogP contribution in [0.3, 0.4) is 0 Å². The molecule has 0 aliphatic heterocycles. The molecule has 0 bridgehead atoms. The Bertz CT molecular complexity index is 1040. The lowest BCUT2D eigenvalue weighted by Gasteiger charge is -2.17. The number of hydrogen-bond acceptors (Lipinski definition) is 5. The second kappa shape index (κ2) is 9.52. The first-order valence-electron chi connectivity index (χ1n) is 8.80. The predicted octanol–water partition coefficient (Wildman–Crippen LogP) is 4.30. The van der Waals surface area contributed by atoms with Crippen LogP contribution in [-0.4, -0.2) is 23.0 Å². The van der Waals surface area contributed by atoms with Crippen LogP contribution < -0.4 is 15.4 Å². The van der Waals surface area contributed by atoms with Gasteiger partial charge in [-0.3, -0.25) is 9.59 Å². The van der Waals surface area contributed by atoms with Crippen LogP contribution in [-0.2, 0) is 4.79 Å². The number of aliphatic hydroxyl groups excluding tert-OH is 1. The lowest BCUT2D eigenvalue weighted by molar-refractivity contribution is -0.112. The lowest BCUT2D eigenvalue weighted by atomic mass is 10.1. The molecule has 9 heteroatoms. The van der Waals surface area contributed by atoms with Crippen molar-refractivity contribution in [1.29, 1.82) is 5.26 Å². The summed E-state index contributed by atoms with van der Waals surface area (Å²) >= 11 is 0. The highest BCUT2D eigenvalue weighted by Crippen LogP contribution is 2.29. The second-order valence-electron chi connectivity index (χ2n) is 6.48. The van der Waals surface area contributed by atoms with E-state index in [1.54, 1.807) is 13.8 Å². The van der Waals surface area contributed by atoms with Crippen LogP contribution in [0.25, 0.3) is 0 Å². The zero-order chi connectivity index (χ0) is 22.4. The largest absolute Gasteiger partial charge is 0.511 e. The van der Waals surface area contributed by atoms with Gasteiger partial charge in [0.2, 0.25) is 0 Å². The summed E-state index contributed by atoms with van der Waals surface area (Å²) in [6, 6.07) is 8.49. The van der Waals surface area contributed by atoms with Gasteiger partial charge in [0.15, 0.2) is 5.57 Å². The van der Waals surface area contributed by atoms with Crippen LogP contribution in [0, 0.1) is 23.0 Å². The molecule has 0 heterocycles. The third-order valence-corrected chi connectivity index (χ3v) is 3.73. The number of ether oxygens (including phenoxy) is 1. The Hall–Kier alpha value is -3.93. The molecule has 2 aromatic rings. The van der Waals surface area contributed by atoms with Crippen molar-refractivity contribution < 1.29 is 28.2 Å². The fourth-order valence-corrected chi connectivity index (χ4v) is 2.39. The average molecular weight is 415 g/mol. The highest BCUT2D eigenvalue weighted by Gasteiger charge is 2.21. The summed E-state index contributed by atoms with van der Waals surface area (Å²) < 4.78 is 33.2. The van der Waals surface area contributed by atoms with Crippen molar-refractivity contribution in [3.8, 4) is 11.8 Å². The van der Waals surface area contributed by atoms with Crippen molar-refractivity contribution in [3.63, 3.8) is 0 Å². The van der Waals surface area contributed by atoms with Gasteiger partial charge in [0, 0.05) is 11.8 Å². The van der Waals surface area contributed by atoms with Gasteiger partial charge in [0.25, 0.3) is 11.8 Å². The van der Waals surface area contributed by atoms with Gasteiger partial charge < -0.3 is 20.5 Å². The topological polar surface area (TPSA) is 111 Å². The van der Waals surface area contributed by atoms with Crippen molar-refractivity contribution in [2.45, 2.75) is 26.9 Å².